The molecule has 0 bridgehead atoms. The normalized spacial score (nSPS) is 15.8. The van der Waals surface area contributed by atoms with Crippen LogP contribution in [-0.4, -0.2) is 23.0 Å². The second-order valence-electron chi connectivity index (χ2n) is 4.91. The Balaban J connectivity index is 1.91. The Morgan fingerprint density at radius 2 is 2.05 bits per heavy atom. The number of hydrogen-bond donors (Lipinski definition) is 2. The molecule has 1 aliphatic carbocycles. The lowest BCUT2D eigenvalue weighted by Crippen LogP contribution is -2.41. The van der Waals surface area contributed by atoms with E-state index in [4.69, 9.17) is 5.11 Å². The van der Waals surface area contributed by atoms with Crippen molar-refractivity contribution < 1.29 is 14.7 Å². The third-order valence-electron chi connectivity index (χ3n) is 3.21. The molecule has 4 nitrogen and oxygen atoms in total. The van der Waals surface area contributed by atoms with Crippen molar-refractivity contribution in [3.05, 3.63) is 34.3 Å². The third-order valence-corrected chi connectivity index (χ3v) is 3.98. The number of halogens is 1. The van der Waals surface area contributed by atoms with Crippen LogP contribution in [0.4, 0.5) is 0 Å². The van der Waals surface area contributed by atoms with Crippen LogP contribution in [0.1, 0.15) is 24.8 Å². The summed E-state index contributed by atoms with van der Waals surface area (Å²) in [5.41, 5.74) is 0.857. The SMILES string of the molecule is O=C(Cc1ccccc1Br)NC(CC1CC1)C(=O)O. The molecule has 1 saturated carbocycles. The first-order valence-corrected chi connectivity index (χ1v) is 7.11. The van der Waals surface area contributed by atoms with E-state index in [2.05, 4.69) is 21.2 Å². The van der Waals surface area contributed by atoms with Gasteiger partial charge in [-0.05, 0) is 24.0 Å². The van der Waals surface area contributed by atoms with Crippen molar-refractivity contribution in [2.24, 2.45) is 5.92 Å². The van der Waals surface area contributed by atoms with Crippen molar-refractivity contribution in [3.8, 4) is 0 Å². The number of carbonyl (C=O) groups excluding carboxylic acids is 1. The van der Waals surface area contributed by atoms with Crippen LogP contribution in [0.15, 0.2) is 28.7 Å². The van der Waals surface area contributed by atoms with Gasteiger partial charge in [0.2, 0.25) is 5.91 Å². The molecule has 1 amide bonds. The minimum atomic E-state index is -0.952. The number of aliphatic carboxylic acids is 1. The standard InChI is InChI=1S/C14H16BrNO3/c15-11-4-2-1-3-10(11)8-13(17)16-12(14(18)19)7-9-5-6-9/h1-4,9,12H,5-8H2,(H,16,17)(H,18,19). The van der Waals surface area contributed by atoms with E-state index in [9.17, 15) is 9.59 Å². The average molecular weight is 326 g/mol. The Hall–Kier alpha value is -1.36. The lowest BCUT2D eigenvalue weighted by atomic mass is 10.1. The van der Waals surface area contributed by atoms with E-state index in [1.165, 1.54) is 0 Å². The molecule has 2 N–H and O–H groups in total. The summed E-state index contributed by atoms with van der Waals surface area (Å²) in [4.78, 5) is 23.0. The average Bonchev–Trinajstić information content (AvgIpc) is 3.15. The van der Waals surface area contributed by atoms with Gasteiger partial charge >= 0.3 is 5.97 Å². The van der Waals surface area contributed by atoms with Crippen molar-refractivity contribution in [3.63, 3.8) is 0 Å². The monoisotopic (exact) mass is 325 g/mol. The van der Waals surface area contributed by atoms with Crippen molar-refractivity contribution in [2.45, 2.75) is 31.7 Å². The predicted molar refractivity (Wildman–Crippen MR) is 74.8 cm³/mol. The third kappa shape index (κ3) is 4.35. The van der Waals surface area contributed by atoms with Crippen molar-refractivity contribution in [1.82, 2.24) is 5.32 Å². The van der Waals surface area contributed by atoms with Crippen LogP contribution in [0.5, 0.6) is 0 Å². The van der Waals surface area contributed by atoms with E-state index in [1.807, 2.05) is 24.3 Å². The van der Waals surface area contributed by atoms with E-state index in [-0.39, 0.29) is 12.3 Å². The van der Waals surface area contributed by atoms with Crippen LogP contribution in [-0.2, 0) is 16.0 Å². The summed E-state index contributed by atoms with van der Waals surface area (Å²) in [7, 11) is 0. The zero-order valence-electron chi connectivity index (χ0n) is 10.4. The van der Waals surface area contributed by atoms with Gasteiger partial charge in [-0.3, -0.25) is 4.79 Å². The zero-order chi connectivity index (χ0) is 13.8. The number of carbonyl (C=O) groups is 2. The van der Waals surface area contributed by atoms with Gasteiger partial charge in [-0.2, -0.15) is 0 Å². The number of amides is 1. The van der Waals surface area contributed by atoms with Crippen LogP contribution in [0.25, 0.3) is 0 Å². The number of carboxylic acids is 1. The molecule has 19 heavy (non-hydrogen) atoms. The van der Waals surface area contributed by atoms with Gasteiger partial charge < -0.3 is 10.4 Å². The van der Waals surface area contributed by atoms with Gasteiger partial charge in [0.25, 0.3) is 0 Å². The first kappa shape index (κ1) is 14.1. The number of rotatable bonds is 6. The zero-order valence-corrected chi connectivity index (χ0v) is 12.0. The Morgan fingerprint density at radius 3 is 2.63 bits per heavy atom. The van der Waals surface area contributed by atoms with Crippen LogP contribution < -0.4 is 5.32 Å². The summed E-state index contributed by atoms with van der Waals surface area (Å²) in [5.74, 6) is -0.739. The van der Waals surface area contributed by atoms with Crippen LogP contribution >= 0.6 is 15.9 Å². The van der Waals surface area contributed by atoms with Gasteiger partial charge in [0, 0.05) is 4.47 Å². The molecule has 5 heteroatoms. The number of benzene rings is 1. The molecule has 1 fully saturated rings. The van der Waals surface area contributed by atoms with Gasteiger partial charge in [-0.15, -0.1) is 0 Å². The highest BCUT2D eigenvalue weighted by molar-refractivity contribution is 9.10. The first-order valence-electron chi connectivity index (χ1n) is 6.32. The van der Waals surface area contributed by atoms with E-state index in [0.29, 0.717) is 12.3 Å². The molecule has 2 rings (SSSR count). The van der Waals surface area contributed by atoms with Crippen LogP contribution in [0.3, 0.4) is 0 Å². The van der Waals surface area contributed by atoms with Crippen LogP contribution in [0.2, 0.25) is 0 Å². The summed E-state index contributed by atoms with van der Waals surface area (Å²) in [6, 6.07) is 6.68. The molecule has 0 aromatic heterocycles. The molecule has 0 heterocycles. The Bertz CT molecular complexity index is 485. The number of hydrogen-bond acceptors (Lipinski definition) is 2. The molecule has 1 atom stereocenters. The summed E-state index contributed by atoms with van der Waals surface area (Å²) in [5, 5.41) is 11.7. The maximum absolute atomic E-state index is 11.9. The van der Waals surface area contributed by atoms with Gasteiger partial charge in [0.15, 0.2) is 0 Å². The van der Waals surface area contributed by atoms with E-state index in [0.717, 1.165) is 22.9 Å². The maximum atomic E-state index is 11.9. The van der Waals surface area contributed by atoms with Gasteiger partial charge in [-0.25, -0.2) is 4.79 Å². The molecule has 1 unspecified atom stereocenters. The molecule has 0 spiro atoms. The highest BCUT2D eigenvalue weighted by Crippen LogP contribution is 2.33. The second-order valence-corrected chi connectivity index (χ2v) is 5.76. The predicted octanol–water partition coefficient (Wildman–Crippen LogP) is 2.36. The summed E-state index contributed by atoms with van der Waals surface area (Å²) in [6.45, 7) is 0. The molecule has 1 aliphatic rings. The van der Waals surface area contributed by atoms with E-state index >= 15 is 0 Å². The van der Waals surface area contributed by atoms with Gasteiger partial charge in [0.1, 0.15) is 6.04 Å². The van der Waals surface area contributed by atoms with E-state index in [1.54, 1.807) is 0 Å². The quantitative estimate of drug-likeness (QED) is 0.843. The van der Waals surface area contributed by atoms with E-state index < -0.39 is 12.0 Å². The summed E-state index contributed by atoms with van der Waals surface area (Å²) < 4.78 is 0.860. The van der Waals surface area contributed by atoms with Crippen LogP contribution in [0, 0.1) is 5.92 Å². The fourth-order valence-corrected chi connectivity index (χ4v) is 2.39. The second kappa shape index (κ2) is 6.19. The summed E-state index contributed by atoms with van der Waals surface area (Å²) >= 11 is 3.37. The lowest BCUT2D eigenvalue weighted by molar-refractivity contribution is -0.142. The molecule has 1 aromatic rings. The largest absolute Gasteiger partial charge is 0.480 e. The summed E-state index contributed by atoms with van der Waals surface area (Å²) in [6.07, 6.45) is 2.88. The molecule has 1 aromatic carbocycles. The Labute approximate surface area is 120 Å². The number of carboxylic acid groups (broad SMARTS) is 1. The molecule has 102 valence electrons. The highest BCUT2D eigenvalue weighted by atomic mass is 79.9. The van der Waals surface area contributed by atoms with Gasteiger partial charge in [0.05, 0.1) is 6.42 Å². The Morgan fingerprint density at radius 1 is 1.37 bits per heavy atom. The first-order chi connectivity index (χ1) is 9.06. The van der Waals surface area contributed by atoms with Crippen molar-refractivity contribution in [2.75, 3.05) is 0 Å². The Kier molecular flexibility index (Phi) is 4.58. The maximum Gasteiger partial charge on any atom is 0.326 e. The van der Waals surface area contributed by atoms with Crippen molar-refractivity contribution in [1.29, 1.82) is 0 Å². The minimum Gasteiger partial charge on any atom is -0.480 e. The molecular formula is C14H16BrNO3. The smallest absolute Gasteiger partial charge is 0.326 e. The lowest BCUT2D eigenvalue weighted by Gasteiger charge is -2.14. The fraction of sp³-hybridized carbons (Fsp3) is 0.429. The molecular weight excluding hydrogens is 310 g/mol. The molecule has 0 radical (unpaired) electrons. The topological polar surface area (TPSA) is 66.4 Å². The number of nitrogens with one attached hydrogen (secondary N) is 1. The minimum absolute atomic E-state index is 0.190. The fourth-order valence-electron chi connectivity index (χ4n) is 1.97. The molecule has 0 saturated heterocycles. The van der Waals surface area contributed by atoms with Crippen molar-refractivity contribution >= 4 is 27.8 Å². The van der Waals surface area contributed by atoms with Gasteiger partial charge in [-0.1, -0.05) is 47.0 Å². The molecule has 0 aliphatic heterocycles. The highest BCUT2D eigenvalue weighted by Gasteiger charge is 2.30.